The van der Waals surface area contributed by atoms with Gasteiger partial charge in [-0.15, -0.1) is 0 Å². The number of hydrogen-bond donors (Lipinski definition) is 0. The van der Waals surface area contributed by atoms with Gasteiger partial charge in [0.2, 0.25) is 0 Å². The molecule has 0 aliphatic carbocycles. The average molecular weight is 352 g/mol. The van der Waals surface area contributed by atoms with Crippen molar-refractivity contribution in [3.63, 3.8) is 0 Å². The Morgan fingerprint density at radius 1 is 0.909 bits per heavy atom. The third-order valence-corrected chi connectivity index (χ3v) is 9.01. The Hall–Kier alpha value is -0.256. The van der Waals surface area contributed by atoms with Crippen LogP contribution in [0.15, 0.2) is 0 Å². The van der Waals surface area contributed by atoms with Crippen LogP contribution in [0.3, 0.4) is 0 Å². The Morgan fingerprint density at radius 3 is 1.82 bits per heavy atom. The molecule has 0 spiro atoms. The van der Waals surface area contributed by atoms with Gasteiger partial charge in [0, 0.05) is 33.8 Å². The monoisotopic (exact) mass is 351 g/mol. The van der Waals surface area contributed by atoms with E-state index in [1.165, 1.54) is 7.11 Å². The predicted molar refractivity (Wildman–Crippen MR) is 92.4 cm³/mol. The van der Waals surface area contributed by atoms with Gasteiger partial charge < -0.3 is 22.6 Å². The fraction of sp³-hybridized carbons (Fsp3) is 0.929. The van der Waals surface area contributed by atoms with E-state index in [0.717, 1.165) is 32.0 Å². The van der Waals surface area contributed by atoms with Gasteiger partial charge in [-0.1, -0.05) is 19.6 Å². The fourth-order valence-electron chi connectivity index (χ4n) is 2.34. The van der Waals surface area contributed by atoms with Crippen LogP contribution in [-0.2, 0) is 22.8 Å². The van der Waals surface area contributed by atoms with Crippen molar-refractivity contribution in [3.05, 3.63) is 0 Å². The Labute approximate surface area is 137 Å². The minimum Gasteiger partial charge on any atom is -0.469 e. The average Bonchev–Trinajstić information content (AvgIpc) is 2.49. The number of nitrogens with zero attached hydrogens (tertiary/aromatic N) is 1. The largest absolute Gasteiger partial charge is 0.500 e. The summed E-state index contributed by atoms with van der Waals surface area (Å²) in [5.41, 5.74) is 0. The molecule has 0 aliphatic rings. The Kier molecular flexibility index (Phi) is 10.4. The molecule has 0 N–H and O–H groups in total. The molecule has 6 nitrogen and oxygen atoms in total. The SMILES string of the molecule is COC(=O)CCCN(CCC[Si](OC)(OC)OC)[Si](C)(C)C. The molecule has 0 bridgehead atoms. The van der Waals surface area contributed by atoms with E-state index >= 15 is 0 Å². The van der Waals surface area contributed by atoms with Crippen molar-refractivity contribution in [2.45, 2.75) is 44.9 Å². The quantitative estimate of drug-likeness (QED) is 0.397. The van der Waals surface area contributed by atoms with Crippen molar-refractivity contribution in [1.29, 1.82) is 0 Å². The molecule has 0 aromatic rings. The van der Waals surface area contributed by atoms with E-state index in [-0.39, 0.29) is 5.97 Å². The highest BCUT2D eigenvalue weighted by Crippen LogP contribution is 2.18. The smallest absolute Gasteiger partial charge is 0.469 e. The van der Waals surface area contributed by atoms with Gasteiger partial charge in [0.1, 0.15) is 8.24 Å². The van der Waals surface area contributed by atoms with Crippen LogP contribution in [0.25, 0.3) is 0 Å². The van der Waals surface area contributed by atoms with E-state index < -0.39 is 17.0 Å². The van der Waals surface area contributed by atoms with Crippen LogP contribution in [0.1, 0.15) is 19.3 Å². The predicted octanol–water partition coefficient (Wildman–Crippen LogP) is 2.34. The second-order valence-electron chi connectivity index (χ2n) is 6.24. The van der Waals surface area contributed by atoms with E-state index in [1.54, 1.807) is 21.3 Å². The number of methoxy groups -OCH3 is 1. The van der Waals surface area contributed by atoms with Crippen LogP contribution in [0.4, 0.5) is 0 Å². The second-order valence-corrected chi connectivity index (χ2v) is 14.3. The van der Waals surface area contributed by atoms with Crippen LogP contribution in [-0.4, -0.2) is 69.1 Å². The van der Waals surface area contributed by atoms with Crippen LogP contribution < -0.4 is 0 Å². The van der Waals surface area contributed by atoms with Crippen molar-refractivity contribution in [2.75, 3.05) is 41.5 Å². The molecule has 132 valence electrons. The van der Waals surface area contributed by atoms with Crippen molar-refractivity contribution in [1.82, 2.24) is 4.57 Å². The molecule has 0 saturated heterocycles. The lowest BCUT2D eigenvalue weighted by Gasteiger charge is -2.35. The Morgan fingerprint density at radius 2 is 1.41 bits per heavy atom. The molecule has 0 radical (unpaired) electrons. The lowest BCUT2D eigenvalue weighted by atomic mass is 10.3. The molecule has 8 heteroatoms. The highest BCUT2D eigenvalue weighted by atomic mass is 28.4. The van der Waals surface area contributed by atoms with Gasteiger partial charge >= 0.3 is 14.8 Å². The number of ether oxygens (including phenoxy) is 1. The minimum absolute atomic E-state index is 0.139. The Bertz CT molecular complexity index is 311. The van der Waals surface area contributed by atoms with E-state index in [0.29, 0.717) is 6.42 Å². The van der Waals surface area contributed by atoms with Crippen LogP contribution >= 0.6 is 0 Å². The van der Waals surface area contributed by atoms with Gasteiger partial charge in [0.15, 0.2) is 0 Å². The molecular formula is C14H33NO5Si2. The van der Waals surface area contributed by atoms with Crippen molar-refractivity contribution < 1.29 is 22.8 Å². The summed E-state index contributed by atoms with van der Waals surface area (Å²) in [6.07, 6.45) is 2.27. The van der Waals surface area contributed by atoms with Crippen LogP contribution in [0.5, 0.6) is 0 Å². The normalized spacial score (nSPS) is 12.7. The molecular weight excluding hydrogens is 318 g/mol. The lowest BCUT2D eigenvalue weighted by Crippen LogP contribution is -2.48. The summed E-state index contributed by atoms with van der Waals surface area (Å²) >= 11 is 0. The highest BCUT2D eigenvalue weighted by molar-refractivity contribution is 6.73. The first kappa shape index (κ1) is 21.7. The van der Waals surface area contributed by atoms with Gasteiger partial charge in [0.05, 0.1) is 7.11 Å². The maximum Gasteiger partial charge on any atom is 0.500 e. The van der Waals surface area contributed by atoms with Crippen molar-refractivity contribution >= 4 is 23.0 Å². The summed E-state index contributed by atoms with van der Waals surface area (Å²) < 4.78 is 23.6. The summed E-state index contributed by atoms with van der Waals surface area (Å²) in [7, 11) is 2.46. The first-order valence-corrected chi connectivity index (χ1v) is 13.1. The molecule has 0 aliphatic heterocycles. The van der Waals surface area contributed by atoms with Gasteiger partial charge in [-0.2, -0.15) is 0 Å². The van der Waals surface area contributed by atoms with E-state index in [1.807, 2.05) is 0 Å². The van der Waals surface area contributed by atoms with Gasteiger partial charge in [-0.05, 0) is 25.9 Å². The molecule has 0 amide bonds. The fourth-order valence-corrected chi connectivity index (χ4v) is 5.70. The minimum atomic E-state index is -2.48. The molecule has 0 aromatic carbocycles. The van der Waals surface area contributed by atoms with Crippen LogP contribution in [0, 0.1) is 0 Å². The van der Waals surface area contributed by atoms with Crippen molar-refractivity contribution in [3.8, 4) is 0 Å². The molecule has 0 atom stereocenters. The van der Waals surface area contributed by atoms with Gasteiger partial charge in [-0.3, -0.25) is 4.79 Å². The summed E-state index contributed by atoms with van der Waals surface area (Å²) in [6.45, 7) is 8.85. The van der Waals surface area contributed by atoms with E-state index in [4.69, 9.17) is 18.0 Å². The number of carbonyl (C=O) groups is 1. The second kappa shape index (κ2) is 10.5. The summed E-state index contributed by atoms with van der Waals surface area (Å²) in [4.78, 5) is 11.2. The molecule has 0 unspecified atom stereocenters. The van der Waals surface area contributed by atoms with E-state index in [9.17, 15) is 4.79 Å². The summed E-state index contributed by atoms with van der Waals surface area (Å²) in [5, 5.41) is 0. The Balaban J connectivity index is 4.40. The standard InChI is InChI=1S/C14H33NO5Si2/c1-17-14(16)10-8-11-15(21(5,6)7)12-9-13-22(18-2,19-3)20-4/h8-13H2,1-7H3. The van der Waals surface area contributed by atoms with Crippen LogP contribution in [0.2, 0.25) is 25.7 Å². The third kappa shape index (κ3) is 7.84. The highest BCUT2D eigenvalue weighted by Gasteiger charge is 2.37. The third-order valence-electron chi connectivity index (χ3n) is 3.83. The first-order chi connectivity index (χ1) is 10.2. The molecule has 0 saturated carbocycles. The lowest BCUT2D eigenvalue weighted by molar-refractivity contribution is -0.140. The maximum atomic E-state index is 11.2. The zero-order valence-corrected chi connectivity index (χ0v) is 17.2. The zero-order chi connectivity index (χ0) is 17.2. The number of rotatable bonds is 12. The maximum absolute atomic E-state index is 11.2. The number of esters is 1. The topological polar surface area (TPSA) is 57.2 Å². The first-order valence-electron chi connectivity index (χ1n) is 7.72. The summed E-state index contributed by atoms with van der Waals surface area (Å²) in [6, 6.07) is 0.800. The zero-order valence-electron chi connectivity index (χ0n) is 15.2. The molecule has 0 aromatic heterocycles. The molecule has 0 fully saturated rings. The number of carbonyl (C=O) groups excluding carboxylic acids is 1. The van der Waals surface area contributed by atoms with E-state index in [2.05, 4.69) is 24.2 Å². The van der Waals surface area contributed by atoms with Gasteiger partial charge in [-0.25, -0.2) is 0 Å². The van der Waals surface area contributed by atoms with Gasteiger partial charge in [0.25, 0.3) is 0 Å². The number of hydrogen-bond acceptors (Lipinski definition) is 6. The van der Waals surface area contributed by atoms with Crippen molar-refractivity contribution in [2.24, 2.45) is 0 Å². The summed E-state index contributed by atoms with van der Waals surface area (Å²) in [5.74, 6) is -0.139. The molecule has 22 heavy (non-hydrogen) atoms. The molecule has 0 heterocycles. The molecule has 0 rings (SSSR count).